The normalized spacial score (nSPS) is 15.5. The quantitative estimate of drug-likeness (QED) is 0.166. The molecule has 0 atom stereocenters. The molecule has 6 aromatic carbocycles. The number of benzene rings is 6. The first-order valence-electron chi connectivity index (χ1n) is 18.3. The second kappa shape index (κ2) is 16.0. The molecule has 0 unspecified atom stereocenters. The van der Waals surface area contributed by atoms with E-state index in [0.717, 1.165) is 50.4 Å². The molecule has 2 heteroatoms. The molecule has 0 amide bonds. The first-order valence-corrected chi connectivity index (χ1v) is 18.3. The van der Waals surface area contributed by atoms with Gasteiger partial charge in [0.15, 0.2) is 0 Å². The molecule has 0 aromatic heterocycles. The molecule has 48 heavy (non-hydrogen) atoms. The van der Waals surface area contributed by atoms with E-state index in [1.54, 1.807) is 0 Å². The van der Waals surface area contributed by atoms with E-state index >= 15 is 0 Å². The van der Waals surface area contributed by atoms with Crippen molar-refractivity contribution in [2.24, 2.45) is 0 Å². The van der Waals surface area contributed by atoms with Gasteiger partial charge in [-0.1, -0.05) is 123 Å². The van der Waals surface area contributed by atoms with Gasteiger partial charge < -0.3 is 9.47 Å². The van der Waals surface area contributed by atoms with Crippen molar-refractivity contribution in [1.29, 1.82) is 0 Å². The Hall–Kier alpha value is -4.56. The minimum Gasteiger partial charge on any atom is -0.494 e. The lowest BCUT2D eigenvalue weighted by Gasteiger charge is -2.17. The zero-order valence-corrected chi connectivity index (χ0v) is 28.3. The van der Waals surface area contributed by atoms with Crippen LogP contribution in [0.3, 0.4) is 0 Å². The number of rotatable bonds is 0. The van der Waals surface area contributed by atoms with Crippen LogP contribution in [0.5, 0.6) is 11.5 Å². The highest BCUT2D eigenvalue weighted by molar-refractivity contribution is 5.94. The summed E-state index contributed by atoms with van der Waals surface area (Å²) < 4.78 is 12.2. The van der Waals surface area contributed by atoms with E-state index in [9.17, 15) is 0 Å². The number of hydrogen-bond acceptors (Lipinski definition) is 2. The summed E-state index contributed by atoms with van der Waals surface area (Å²) in [6, 6.07) is 44.6. The van der Waals surface area contributed by atoms with Gasteiger partial charge in [-0.25, -0.2) is 0 Å². The molecule has 9 rings (SSSR count). The summed E-state index contributed by atoms with van der Waals surface area (Å²) in [6.07, 6.45) is 14.2. The van der Waals surface area contributed by atoms with Crippen LogP contribution >= 0.6 is 0 Å². The maximum Gasteiger partial charge on any atom is 0.119 e. The molecule has 0 radical (unpaired) electrons. The molecule has 0 saturated carbocycles. The molecule has 0 spiro atoms. The molecule has 3 aliphatic heterocycles. The Morgan fingerprint density at radius 2 is 0.688 bits per heavy atom. The van der Waals surface area contributed by atoms with Crippen molar-refractivity contribution in [2.75, 3.05) is 13.2 Å². The monoisotopic (exact) mass is 632 g/mol. The molecule has 6 aromatic rings. The summed E-state index contributed by atoms with van der Waals surface area (Å²) in [6.45, 7) is 1.54. The highest BCUT2D eigenvalue weighted by Gasteiger charge is 2.14. The molecule has 4 bridgehead atoms. The van der Waals surface area contributed by atoms with E-state index in [0.29, 0.717) is 0 Å². The van der Waals surface area contributed by atoms with E-state index in [-0.39, 0.29) is 0 Å². The molecule has 3 aliphatic rings. The predicted molar refractivity (Wildman–Crippen MR) is 203 cm³/mol. The molecule has 3 heterocycles. The Labute approximate surface area is 286 Å². The van der Waals surface area contributed by atoms with E-state index in [1.165, 1.54) is 106 Å². The number of ether oxygens (including phenoxy) is 2. The largest absolute Gasteiger partial charge is 0.494 e. The van der Waals surface area contributed by atoms with Gasteiger partial charge in [-0.2, -0.15) is 0 Å². The third kappa shape index (κ3) is 8.11. The van der Waals surface area contributed by atoms with E-state index in [1.807, 2.05) is 0 Å². The van der Waals surface area contributed by atoms with Crippen LogP contribution in [-0.4, -0.2) is 13.2 Å². The van der Waals surface area contributed by atoms with Crippen molar-refractivity contribution < 1.29 is 9.47 Å². The lowest BCUT2D eigenvalue weighted by molar-refractivity contribution is 0.304. The van der Waals surface area contributed by atoms with Crippen molar-refractivity contribution in [3.05, 3.63) is 132 Å². The van der Waals surface area contributed by atoms with Gasteiger partial charge >= 0.3 is 0 Å². The summed E-state index contributed by atoms with van der Waals surface area (Å²) in [5.41, 5.74) is 8.22. The molecular weight excluding hydrogens is 585 g/mol. The SMILES string of the molecule is c1ccc2cc3c(cc2c1)CCCCCCCOc1ccc(cc1)-c1ccc(cc1)OCCCCCCCc1cc2ccccc2cc1-3. The summed E-state index contributed by atoms with van der Waals surface area (Å²) >= 11 is 0. The first-order chi connectivity index (χ1) is 23.8. The molecule has 0 saturated heterocycles. The topological polar surface area (TPSA) is 18.5 Å². The summed E-state index contributed by atoms with van der Waals surface area (Å²) in [5, 5.41) is 5.34. The molecule has 244 valence electrons. The fraction of sp³-hybridized carbons (Fsp3) is 0.304. The summed E-state index contributed by atoms with van der Waals surface area (Å²) in [4.78, 5) is 0. The van der Waals surface area contributed by atoms with E-state index in [2.05, 4.69) is 121 Å². The number of aryl methyl sites for hydroxylation is 2. The van der Waals surface area contributed by atoms with Crippen molar-refractivity contribution in [3.8, 4) is 33.8 Å². The van der Waals surface area contributed by atoms with Crippen molar-refractivity contribution in [3.63, 3.8) is 0 Å². The Balaban J connectivity index is 1.10. The second-order valence-corrected chi connectivity index (χ2v) is 13.5. The highest BCUT2D eigenvalue weighted by Crippen LogP contribution is 2.36. The molecule has 0 fully saturated rings. The van der Waals surface area contributed by atoms with Crippen molar-refractivity contribution in [2.45, 2.75) is 77.0 Å². The van der Waals surface area contributed by atoms with Gasteiger partial charge in [0.05, 0.1) is 13.2 Å². The Kier molecular flexibility index (Phi) is 10.7. The number of fused-ring (bicyclic) bond motifs is 4. The molecule has 0 aliphatic carbocycles. The Morgan fingerprint density at radius 1 is 0.333 bits per heavy atom. The van der Waals surface area contributed by atoms with Gasteiger partial charge in [-0.05, 0) is 130 Å². The van der Waals surface area contributed by atoms with Crippen LogP contribution in [0.25, 0.3) is 43.8 Å². The lowest BCUT2D eigenvalue weighted by Crippen LogP contribution is -1.99. The van der Waals surface area contributed by atoms with Gasteiger partial charge in [0, 0.05) is 0 Å². The Morgan fingerprint density at radius 3 is 1.10 bits per heavy atom. The van der Waals surface area contributed by atoms with Crippen LogP contribution in [0.4, 0.5) is 0 Å². The second-order valence-electron chi connectivity index (χ2n) is 13.5. The summed E-state index contributed by atoms with van der Waals surface area (Å²) in [5.74, 6) is 1.90. The van der Waals surface area contributed by atoms with Crippen LogP contribution in [0, 0.1) is 0 Å². The Bertz CT molecular complexity index is 1780. The van der Waals surface area contributed by atoms with Gasteiger partial charge in [0.2, 0.25) is 0 Å². The minimum absolute atomic E-state index is 0.769. The maximum absolute atomic E-state index is 6.10. The highest BCUT2D eigenvalue weighted by atomic mass is 16.5. The van der Waals surface area contributed by atoms with E-state index < -0.39 is 0 Å². The molecule has 0 N–H and O–H groups in total. The van der Waals surface area contributed by atoms with Gasteiger partial charge in [-0.3, -0.25) is 0 Å². The fourth-order valence-electron chi connectivity index (χ4n) is 7.25. The van der Waals surface area contributed by atoms with Crippen LogP contribution in [0.1, 0.15) is 75.3 Å². The minimum atomic E-state index is 0.769. The van der Waals surface area contributed by atoms with E-state index in [4.69, 9.17) is 9.47 Å². The third-order valence-corrected chi connectivity index (χ3v) is 9.99. The van der Waals surface area contributed by atoms with Crippen LogP contribution in [0.2, 0.25) is 0 Å². The third-order valence-electron chi connectivity index (χ3n) is 9.99. The van der Waals surface area contributed by atoms with Crippen LogP contribution in [0.15, 0.2) is 121 Å². The maximum atomic E-state index is 6.10. The van der Waals surface area contributed by atoms with Crippen LogP contribution < -0.4 is 9.47 Å². The number of hydrogen-bond donors (Lipinski definition) is 0. The standard InChI is InChI=1S/C46H48O2/c1-3-7-19-41-31-37-15-9-11-17-39(37)33-45(41)46-34-40-18-12-10-16-38(40)32-42(46)20-8-4-2-6-14-30-48-44-27-23-36(24-28-44)35-21-25-43(26-22-35)47-29-13-5-1/h9-12,15-18,21-28,31-34H,1-8,13-14,19-20,29-30H2. The zero-order valence-electron chi connectivity index (χ0n) is 28.3. The molecule has 2 nitrogen and oxygen atoms in total. The fourth-order valence-corrected chi connectivity index (χ4v) is 7.25. The van der Waals surface area contributed by atoms with Gasteiger partial charge in [0.1, 0.15) is 11.5 Å². The molecular formula is C46H48O2. The van der Waals surface area contributed by atoms with Crippen molar-refractivity contribution >= 4 is 21.5 Å². The van der Waals surface area contributed by atoms with Gasteiger partial charge in [0.25, 0.3) is 0 Å². The zero-order chi connectivity index (χ0) is 32.4. The predicted octanol–water partition coefficient (Wildman–Crippen LogP) is 12.8. The van der Waals surface area contributed by atoms with Crippen molar-refractivity contribution in [1.82, 2.24) is 0 Å². The lowest BCUT2D eigenvalue weighted by atomic mass is 9.87. The average molecular weight is 633 g/mol. The van der Waals surface area contributed by atoms with Gasteiger partial charge in [-0.15, -0.1) is 0 Å². The average Bonchev–Trinajstić information content (AvgIpc) is 3.13. The smallest absolute Gasteiger partial charge is 0.119 e. The van der Waals surface area contributed by atoms with Crippen LogP contribution in [-0.2, 0) is 12.8 Å². The first kappa shape index (κ1) is 32.0. The summed E-state index contributed by atoms with van der Waals surface area (Å²) in [7, 11) is 0.